The summed E-state index contributed by atoms with van der Waals surface area (Å²) in [4.78, 5) is 11.9. The van der Waals surface area contributed by atoms with Crippen molar-refractivity contribution in [1.29, 1.82) is 0 Å². The van der Waals surface area contributed by atoms with Crippen LogP contribution in [0.1, 0.15) is 29.2 Å². The monoisotopic (exact) mass is 310 g/mol. The number of esters is 1. The average Bonchev–Trinajstić information content (AvgIpc) is 2.57. The van der Waals surface area contributed by atoms with Gasteiger partial charge in [-0.3, -0.25) is 0 Å². The van der Waals surface area contributed by atoms with Crippen LogP contribution in [-0.2, 0) is 16.1 Å². The number of carbonyl (C=O) groups excluding carboxylic acids is 1. The Morgan fingerprint density at radius 3 is 2.57 bits per heavy atom. The molecule has 3 heteroatoms. The molecule has 0 fully saturated rings. The van der Waals surface area contributed by atoms with Crippen LogP contribution >= 0.6 is 0 Å². The van der Waals surface area contributed by atoms with Crippen molar-refractivity contribution in [3.05, 3.63) is 70.8 Å². The molecule has 0 saturated heterocycles. The molecule has 0 heterocycles. The summed E-state index contributed by atoms with van der Waals surface area (Å²) in [5.74, 6) is 0.520. The Hall–Kier alpha value is -2.55. The lowest BCUT2D eigenvalue weighted by molar-refractivity contribution is -0.133. The first-order valence-electron chi connectivity index (χ1n) is 7.59. The maximum atomic E-state index is 11.9. The van der Waals surface area contributed by atoms with E-state index in [1.165, 1.54) is 7.11 Å². The van der Waals surface area contributed by atoms with E-state index in [2.05, 4.69) is 6.07 Å². The largest absolute Gasteiger partial charge is 0.489 e. The van der Waals surface area contributed by atoms with Gasteiger partial charge < -0.3 is 9.47 Å². The van der Waals surface area contributed by atoms with Crippen molar-refractivity contribution in [2.75, 3.05) is 7.11 Å². The predicted molar refractivity (Wildman–Crippen MR) is 92.4 cm³/mol. The van der Waals surface area contributed by atoms with Gasteiger partial charge in [0, 0.05) is 0 Å². The van der Waals surface area contributed by atoms with Crippen molar-refractivity contribution < 1.29 is 14.3 Å². The van der Waals surface area contributed by atoms with E-state index in [1.54, 1.807) is 6.08 Å². The Labute approximate surface area is 137 Å². The Morgan fingerprint density at radius 2 is 1.87 bits per heavy atom. The van der Waals surface area contributed by atoms with Crippen molar-refractivity contribution in [1.82, 2.24) is 0 Å². The van der Waals surface area contributed by atoms with E-state index >= 15 is 0 Å². The Bertz CT molecular complexity index is 729. The summed E-state index contributed by atoms with van der Waals surface area (Å²) in [6, 6.07) is 13.8. The van der Waals surface area contributed by atoms with Crippen LogP contribution in [0.15, 0.2) is 48.5 Å². The fraction of sp³-hybridized carbons (Fsp3) is 0.250. The lowest BCUT2D eigenvalue weighted by Crippen LogP contribution is -2.08. The fourth-order valence-corrected chi connectivity index (χ4v) is 2.42. The molecule has 3 nitrogen and oxygen atoms in total. The smallest absolute Gasteiger partial charge is 0.338 e. The summed E-state index contributed by atoms with van der Waals surface area (Å²) < 4.78 is 10.8. The zero-order valence-electron chi connectivity index (χ0n) is 14.1. The van der Waals surface area contributed by atoms with Gasteiger partial charge in [-0.2, -0.15) is 0 Å². The Morgan fingerprint density at radius 1 is 1.13 bits per heavy atom. The maximum absolute atomic E-state index is 11.9. The van der Waals surface area contributed by atoms with E-state index in [-0.39, 0.29) is 5.97 Å². The highest BCUT2D eigenvalue weighted by Gasteiger charge is 2.15. The lowest BCUT2D eigenvalue weighted by Gasteiger charge is -2.14. The van der Waals surface area contributed by atoms with E-state index in [9.17, 15) is 4.79 Å². The van der Waals surface area contributed by atoms with E-state index in [0.717, 1.165) is 28.0 Å². The molecule has 0 aliphatic rings. The van der Waals surface area contributed by atoms with Gasteiger partial charge in [0.15, 0.2) is 0 Å². The quantitative estimate of drug-likeness (QED) is 0.604. The highest BCUT2D eigenvalue weighted by Crippen LogP contribution is 2.24. The molecule has 0 bridgehead atoms. The number of carbonyl (C=O) groups is 1. The number of allylic oxidation sites excluding steroid dienone is 1. The van der Waals surface area contributed by atoms with Gasteiger partial charge in [-0.1, -0.05) is 42.5 Å². The highest BCUT2D eigenvalue weighted by atomic mass is 16.5. The second-order valence-corrected chi connectivity index (χ2v) is 5.41. The predicted octanol–water partition coefficient (Wildman–Crippen LogP) is 4.46. The van der Waals surface area contributed by atoms with Gasteiger partial charge >= 0.3 is 5.97 Å². The number of ether oxygens (including phenoxy) is 2. The van der Waals surface area contributed by atoms with Gasteiger partial charge in [-0.25, -0.2) is 4.79 Å². The molecule has 0 aliphatic heterocycles. The van der Waals surface area contributed by atoms with E-state index in [0.29, 0.717) is 12.2 Å². The van der Waals surface area contributed by atoms with Crippen LogP contribution in [-0.4, -0.2) is 13.1 Å². The van der Waals surface area contributed by atoms with Gasteiger partial charge in [0.25, 0.3) is 0 Å². The zero-order valence-corrected chi connectivity index (χ0v) is 14.1. The van der Waals surface area contributed by atoms with Gasteiger partial charge in [-0.05, 0) is 49.1 Å². The number of hydrogen-bond acceptors (Lipinski definition) is 3. The molecule has 0 aliphatic carbocycles. The molecule has 0 spiro atoms. The molecule has 2 aromatic rings. The maximum Gasteiger partial charge on any atom is 0.338 e. The van der Waals surface area contributed by atoms with Crippen molar-refractivity contribution in [2.45, 2.75) is 27.4 Å². The van der Waals surface area contributed by atoms with Gasteiger partial charge in [0.05, 0.1) is 12.7 Å². The van der Waals surface area contributed by atoms with Crippen molar-refractivity contribution in [2.24, 2.45) is 0 Å². The third kappa shape index (κ3) is 4.01. The third-order valence-electron chi connectivity index (χ3n) is 3.73. The summed E-state index contributed by atoms with van der Waals surface area (Å²) in [6.45, 7) is 6.28. The zero-order chi connectivity index (χ0) is 16.8. The van der Waals surface area contributed by atoms with Crippen LogP contribution < -0.4 is 4.74 Å². The second-order valence-electron chi connectivity index (χ2n) is 5.41. The van der Waals surface area contributed by atoms with Gasteiger partial charge in [0.2, 0.25) is 0 Å². The average molecular weight is 310 g/mol. The van der Waals surface area contributed by atoms with Crippen LogP contribution in [0.25, 0.3) is 5.57 Å². The fourth-order valence-electron chi connectivity index (χ4n) is 2.42. The van der Waals surface area contributed by atoms with Crippen LogP contribution in [0.4, 0.5) is 0 Å². The van der Waals surface area contributed by atoms with E-state index in [1.807, 2.05) is 57.2 Å². The number of hydrogen-bond donors (Lipinski definition) is 0. The first kappa shape index (κ1) is 16.8. The Balaban J connectivity index is 2.27. The molecular weight excluding hydrogens is 288 g/mol. The lowest BCUT2D eigenvalue weighted by atomic mass is 10.00. The number of methoxy groups -OCH3 is 1. The van der Waals surface area contributed by atoms with Crippen LogP contribution in [0.3, 0.4) is 0 Å². The summed E-state index contributed by atoms with van der Waals surface area (Å²) >= 11 is 0. The number of aryl methyl sites for hydroxylation is 2. The minimum atomic E-state index is -0.341. The van der Waals surface area contributed by atoms with Crippen molar-refractivity contribution >= 4 is 11.5 Å². The third-order valence-corrected chi connectivity index (χ3v) is 3.73. The Kier molecular flexibility index (Phi) is 5.58. The van der Waals surface area contributed by atoms with Crippen LogP contribution in [0.2, 0.25) is 0 Å². The molecule has 23 heavy (non-hydrogen) atoms. The molecule has 0 atom stereocenters. The molecule has 0 unspecified atom stereocenters. The van der Waals surface area contributed by atoms with Gasteiger partial charge in [0.1, 0.15) is 12.4 Å². The molecule has 0 amide bonds. The van der Waals surface area contributed by atoms with Crippen LogP contribution in [0.5, 0.6) is 5.75 Å². The normalized spacial score (nSPS) is 11.2. The minimum absolute atomic E-state index is 0.341. The van der Waals surface area contributed by atoms with E-state index < -0.39 is 0 Å². The summed E-state index contributed by atoms with van der Waals surface area (Å²) in [5.41, 5.74) is 4.58. The summed E-state index contributed by atoms with van der Waals surface area (Å²) in [7, 11) is 1.39. The standard InChI is InChI=1S/C20H22O3/c1-5-17(20(21)22-4)18-9-7-6-8-16(18)13-23-19-12-14(2)10-11-15(19)3/h5-12H,13H2,1-4H3. The SMILES string of the molecule is CC=C(C(=O)OC)c1ccccc1COc1cc(C)ccc1C. The minimum Gasteiger partial charge on any atom is -0.489 e. The molecule has 120 valence electrons. The molecule has 0 saturated carbocycles. The molecular formula is C20H22O3. The summed E-state index contributed by atoms with van der Waals surface area (Å²) in [6.07, 6.45) is 1.77. The van der Waals surface area contributed by atoms with Crippen molar-refractivity contribution in [3.63, 3.8) is 0 Å². The number of benzene rings is 2. The molecule has 2 aromatic carbocycles. The molecule has 0 N–H and O–H groups in total. The van der Waals surface area contributed by atoms with E-state index in [4.69, 9.17) is 9.47 Å². The van der Waals surface area contributed by atoms with Crippen LogP contribution in [0, 0.1) is 13.8 Å². The van der Waals surface area contributed by atoms with Gasteiger partial charge in [-0.15, -0.1) is 0 Å². The molecule has 2 rings (SSSR count). The first-order valence-corrected chi connectivity index (χ1v) is 7.59. The van der Waals surface area contributed by atoms with Crippen molar-refractivity contribution in [3.8, 4) is 5.75 Å². The molecule has 0 aromatic heterocycles. The molecule has 0 radical (unpaired) electrons. The second kappa shape index (κ2) is 7.63. The summed E-state index contributed by atoms with van der Waals surface area (Å²) in [5, 5.41) is 0. The highest BCUT2D eigenvalue weighted by molar-refractivity contribution is 6.16. The number of rotatable bonds is 5. The first-order chi connectivity index (χ1) is 11.1. The topological polar surface area (TPSA) is 35.5 Å².